The second-order valence-electron chi connectivity index (χ2n) is 6.49. The molecule has 4 rings (SSSR count). The molecule has 6 heteroatoms. The van der Waals surface area contributed by atoms with Crippen molar-refractivity contribution < 1.29 is 4.79 Å². The van der Waals surface area contributed by atoms with E-state index in [2.05, 4.69) is 0 Å². The predicted molar refractivity (Wildman–Crippen MR) is 123 cm³/mol. The van der Waals surface area contributed by atoms with Crippen LogP contribution in [0, 0.1) is 0 Å². The zero-order chi connectivity index (χ0) is 20.5. The van der Waals surface area contributed by atoms with E-state index < -0.39 is 0 Å². The minimum Gasteiger partial charge on any atom is -0.295 e. The van der Waals surface area contributed by atoms with Crippen molar-refractivity contribution in [2.45, 2.75) is 6.92 Å². The predicted octanol–water partition coefficient (Wildman–Crippen LogP) is 8.31. The highest BCUT2D eigenvalue weighted by Gasteiger charge is 2.11. The van der Waals surface area contributed by atoms with Crippen molar-refractivity contribution in [3.05, 3.63) is 86.7 Å². The maximum absolute atomic E-state index is 11.7. The number of thiazole rings is 1. The lowest BCUT2D eigenvalue weighted by molar-refractivity contribution is 0.101. The molecule has 1 heterocycles. The molecule has 0 aliphatic rings. The number of Topliss-reactive ketones (excluding diaryl/α,β-unsaturated/α-hetero) is 1. The van der Waals surface area contributed by atoms with Crippen LogP contribution in [0.3, 0.4) is 0 Å². The van der Waals surface area contributed by atoms with Gasteiger partial charge in [0.25, 0.3) is 0 Å². The summed E-state index contributed by atoms with van der Waals surface area (Å²) in [5, 5.41) is 4.54. The molecule has 0 aliphatic carbocycles. The number of hydrogen-bond acceptors (Lipinski definition) is 3. The van der Waals surface area contributed by atoms with Crippen LogP contribution >= 0.6 is 46.1 Å². The fourth-order valence-electron chi connectivity index (χ4n) is 2.95. The van der Waals surface area contributed by atoms with Crippen molar-refractivity contribution in [3.63, 3.8) is 0 Å². The minimum atomic E-state index is 0.0113. The summed E-state index contributed by atoms with van der Waals surface area (Å²) in [4.78, 5) is 16.4. The van der Waals surface area contributed by atoms with Gasteiger partial charge in [0, 0.05) is 32.7 Å². The number of hydrogen-bond donors (Lipinski definition) is 0. The van der Waals surface area contributed by atoms with E-state index in [4.69, 9.17) is 39.8 Å². The molecule has 0 unspecified atom stereocenters. The van der Waals surface area contributed by atoms with E-state index in [1.54, 1.807) is 36.5 Å². The number of aromatic nitrogens is 1. The van der Waals surface area contributed by atoms with Crippen molar-refractivity contribution in [3.8, 4) is 33.0 Å². The van der Waals surface area contributed by atoms with E-state index in [9.17, 15) is 4.79 Å². The third kappa shape index (κ3) is 4.24. The maximum atomic E-state index is 11.7. The van der Waals surface area contributed by atoms with E-state index >= 15 is 0 Å². The molecule has 0 N–H and O–H groups in total. The summed E-state index contributed by atoms with van der Waals surface area (Å²) in [7, 11) is 0. The SMILES string of the molecule is CC(=O)c1ccc(Cl)c(-c2ccc(-c3nc(-c4ccc(Cl)c(Cl)c4)cs3)cc2)c1. The van der Waals surface area contributed by atoms with Crippen LogP contribution in [-0.2, 0) is 0 Å². The lowest BCUT2D eigenvalue weighted by atomic mass is 10.0. The van der Waals surface area contributed by atoms with Crippen LogP contribution < -0.4 is 0 Å². The zero-order valence-corrected chi connectivity index (χ0v) is 18.3. The number of carbonyl (C=O) groups is 1. The number of benzene rings is 3. The first-order valence-corrected chi connectivity index (χ1v) is 10.8. The summed E-state index contributed by atoms with van der Waals surface area (Å²) >= 11 is 20.0. The molecule has 0 fully saturated rings. The van der Waals surface area contributed by atoms with Crippen LogP contribution in [0.15, 0.2) is 66.0 Å². The number of nitrogens with zero attached hydrogens (tertiary/aromatic N) is 1. The summed E-state index contributed by atoms with van der Waals surface area (Å²) in [6, 6.07) is 18.8. The Morgan fingerprint density at radius 3 is 2.14 bits per heavy atom. The van der Waals surface area contributed by atoms with Gasteiger partial charge in [0.1, 0.15) is 5.01 Å². The summed E-state index contributed by atoms with van der Waals surface area (Å²) in [5.74, 6) is 0.0113. The Morgan fingerprint density at radius 2 is 1.45 bits per heavy atom. The van der Waals surface area contributed by atoms with Crippen molar-refractivity contribution in [1.29, 1.82) is 0 Å². The second kappa shape index (κ2) is 8.29. The summed E-state index contributed by atoms with van der Waals surface area (Å²) in [5.41, 5.74) is 5.20. The molecule has 144 valence electrons. The van der Waals surface area contributed by atoms with Gasteiger partial charge in [-0.15, -0.1) is 11.3 Å². The summed E-state index contributed by atoms with van der Waals surface area (Å²) < 4.78 is 0. The molecule has 0 amide bonds. The third-order valence-corrected chi connectivity index (χ3v) is 6.50. The molecule has 0 saturated heterocycles. The smallest absolute Gasteiger partial charge is 0.159 e. The van der Waals surface area contributed by atoms with E-state index in [-0.39, 0.29) is 5.78 Å². The Hall–Kier alpha value is -2.17. The highest BCUT2D eigenvalue weighted by Crippen LogP contribution is 2.34. The molecule has 0 radical (unpaired) electrons. The zero-order valence-electron chi connectivity index (χ0n) is 15.2. The molecule has 2 nitrogen and oxygen atoms in total. The first-order chi connectivity index (χ1) is 13.9. The van der Waals surface area contributed by atoms with Gasteiger partial charge < -0.3 is 0 Å². The monoisotopic (exact) mass is 457 g/mol. The Kier molecular flexibility index (Phi) is 5.75. The van der Waals surface area contributed by atoms with Crippen molar-refractivity contribution in [1.82, 2.24) is 4.98 Å². The van der Waals surface area contributed by atoms with Gasteiger partial charge in [-0.25, -0.2) is 4.98 Å². The van der Waals surface area contributed by atoms with Gasteiger partial charge in [0.2, 0.25) is 0 Å². The second-order valence-corrected chi connectivity index (χ2v) is 8.57. The standard InChI is InChI=1S/C23H14Cl3NOS/c1-13(28)16-6-8-19(24)18(10-16)14-2-4-15(5-3-14)23-27-22(12-29-23)17-7-9-20(25)21(26)11-17/h2-12H,1H3. The highest BCUT2D eigenvalue weighted by molar-refractivity contribution is 7.13. The number of ketones is 1. The normalized spacial score (nSPS) is 10.9. The van der Waals surface area contributed by atoms with Gasteiger partial charge in [0.15, 0.2) is 5.78 Å². The largest absolute Gasteiger partial charge is 0.295 e. The molecular formula is C23H14Cl3NOS. The van der Waals surface area contributed by atoms with Crippen molar-refractivity contribution in [2.75, 3.05) is 0 Å². The minimum absolute atomic E-state index is 0.0113. The Labute approximate surface area is 187 Å². The number of carbonyl (C=O) groups excluding carboxylic acids is 1. The molecule has 0 bridgehead atoms. The van der Waals surface area contributed by atoms with E-state index in [0.717, 1.165) is 33.0 Å². The quantitative estimate of drug-likeness (QED) is 0.288. The van der Waals surface area contributed by atoms with Crippen LogP contribution in [0.4, 0.5) is 0 Å². The molecule has 3 aromatic carbocycles. The lowest BCUT2D eigenvalue weighted by Gasteiger charge is -2.07. The van der Waals surface area contributed by atoms with Gasteiger partial charge in [-0.1, -0.05) is 65.1 Å². The van der Waals surface area contributed by atoms with Crippen LogP contribution in [-0.4, -0.2) is 10.8 Å². The number of halogens is 3. The summed E-state index contributed by atoms with van der Waals surface area (Å²) in [6.07, 6.45) is 0. The van der Waals surface area contributed by atoms with Crippen LogP contribution in [0.25, 0.3) is 33.0 Å². The topological polar surface area (TPSA) is 30.0 Å². The molecule has 1 aromatic heterocycles. The fourth-order valence-corrected chi connectivity index (χ4v) is 4.31. The Balaban J connectivity index is 1.64. The van der Waals surface area contributed by atoms with Gasteiger partial charge in [-0.2, -0.15) is 0 Å². The molecule has 0 spiro atoms. The maximum Gasteiger partial charge on any atom is 0.159 e. The first-order valence-electron chi connectivity index (χ1n) is 8.74. The molecular weight excluding hydrogens is 445 g/mol. The lowest BCUT2D eigenvalue weighted by Crippen LogP contribution is -1.92. The molecule has 4 aromatic rings. The van der Waals surface area contributed by atoms with Crippen LogP contribution in [0.5, 0.6) is 0 Å². The Bertz CT molecular complexity index is 1220. The average molecular weight is 459 g/mol. The molecule has 29 heavy (non-hydrogen) atoms. The van der Waals surface area contributed by atoms with Crippen molar-refractivity contribution in [2.24, 2.45) is 0 Å². The molecule has 0 saturated carbocycles. The molecule has 0 atom stereocenters. The highest BCUT2D eigenvalue weighted by atomic mass is 35.5. The first kappa shape index (κ1) is 20.1. The van der Waals surface area contributed by atoms with E-state index in [0.29, 0.717) is 20.6 Å². The van der Waals surface area contributed by atoms with E-state index in [1.165, 1.54) is 0 Å². The van der Waals surface area contributed by atoms with Crippen molar-refractivity contribution >= 4 is 51.9 Å². The van der Waals surface area contributed by atoms with Crippen LogP contribution in [0.2, 0.25) is 15.1 Å². The third-order valence-electron chi connectivity index (χ3n) is 4.54. The molecule has 0 aliphatic heterocycles. The van der Waals surface area contributed by atoms with Crippen LogP contribution in [0.1, 0.15) is 17.3 Å². The van der Waals surface area contributed by atoms with Gasteiger partial charge in [-0.05, 0) is 42.8 Å². The van der Waals surface area contributed by atoms with Gasteiger partial charge in [-0.3, -0.25) is 4.79 Å². The van der Waals surface area contributed by atoms with Gasteiger partial charge in [0.05, 0.1) is 15.7 Å². The summed E-state index contributed by atoms with van der Waals surface area (Å²) in [6.45, 7) is 1.55. The average Bonchev–Trinajstić information content (AvgIpc) is 3.20. The van der Waals surface area contributed by atoms with E-state index in [1.807, 2.05) is 47.8 Å². The Morgan fingerprint density at radius 1 is 0.793 bits per heavy atom. The number of rotatable bonds is 4. The fraction of sp³-hybridized carbons (Fsp3) is 0.0435. The van der Waals surface area contributed by atoms with Gasteiger partial charge >= 0.3 is 0 Å².